The summed E-state index contributed by atoms with van der Waals surface area (Å²) in [6, 6.07) is 14.6. The van der Waals surface area contributed by atoms with Gasteiger partial charge in [-0.05, 0) is 37.3 Å². The number of carbonyl (C=O) groups excluding carboxylic acids is 2. The minimum atomic E-state index is -0.756. The molecule has 2 heterocycles. The maximum absolute atomic E-state index is 12.8. The van der Waals surface area contributed by atoms with E-state index in [2.05, 4.69) is 10.1 Å². The van der Waals surface area contributed by atoms with Crippen molar-refractivity contribution >= 4 is 11.8 Å². The first-order chi connectivity index (χ1) is 13.6. The van der Waals surface area contributed by atoms with Crippen LogP contribution in [0.15, 0.2) is 54.7 Å². The lowest BCUT2D eigenvalue weighted by Gasteiger charge is -2.12. The van der Waals surface area contributed by atoms with Crippen molar-refractivity contribution in [1.29, 1.82) is 10.7 Å². The fraction of sp³-hybridized carbons (Fsp3) is 0.100. The Kier molecular flexibility index (Phi) is 5.37. The first kappa shape index (κ1) is 18.7. The summed E-state index contributed by atoms with van der Waals surface area (Å²) >= 11 is 0. The number of hydrogen-bond acceptors (Lipinski definition) is 7. The second-order valence-electron chi connectivity index (χ2n) is 5.60. The summed E-state index contributed by atoms with van der Waals surface area (Å²) in [6.45, 7) is 1.75. The molecule has 2 aromatic heterocycles. The molecule has 0 unspecified atom stereocenters. The van der Waals surface area contributed by atoms with Crippen molar-refractivity contribution in [3.8, 4) is 11.8 Å². The summed E-state index contributed by atoms with van der Waals surface area (Å²) in [5.74, 6) is -1.28. The molecule has 0 saturated heterocycles. The average molecular weight is 373 g/mol. The third kappa shape index (κ3) is 3.54. The van der Waals surface area contributed by atoms with Crippen LogP contribution in [0.5, 0.6) is 0 Å². The van der Waals surface area contributed by atoms with Crippen molar-refractivity contribution in [3.05, 3.63) is 82.7 Å². The number of benzene rings is 1. The molecule has 3 rings (SSSR count). The van der Waals surface area contributed by atoms with Crippen LogP contribution in [0.2, 0.25) is 0 Å². The van der Waals surface area contributed by atoms with Crippen LogP contribution >= 0.6 is 0 Å². The van der Waals surface area contributed by atoms with E-state index in [1.54, 1.807) is 43.3 Å². The van der Waals surface area contributed by atoms with Gasteiger partial charge in [-0.2, -0.15) is 10.4 Å². The predicted octanol–water partition coefficient (Wildman–Crippen LogP) is 2.03. The molecule has 0 saturated carbocycles. The van der Waals surface area contributed by atoms with Gasteiger partial charge in [-0.25, -0.2) is 9.48 Å². The highest BCUT2D eigenvalue weighted by molar-refractivity contribution is 6.07. The molecule has 0 atom stereocenters. The third-order valence-electron chi connectivity index (χ3n) is 3.83. The number of ether oxygens (including phenoxy) is 1. The number of nitriles is 1. The summed E-state index contributed by atoms with van der Waals surface area (Å²) in [4.78, 5) is 29.2. The number of hydrogen-bond donors (Lipinski definition) is 1. The predicted molar refractivity (Wildman–Crippen MR) is 97.8 cm³/mol. The maximum atomic E-state index is 12.8. The number of nitrogens with one attached hydrogen (secondary N) is 1. The van der Waals surface area contributed by atoms with Gasteiger partial charge in [-0.1, -0.05) is 18.2 Å². The Bertz CT molecular complexity index is 1150. The fourth-order valence-electron chi connectivity index (χ4n) is 2.54. The van der Waals surface area contributed by atoms with Gasteiger partial charge in [0.25, 0.3) is 0 Å². The second kappa shape index (κ2) is 8.05. The van der Waals surface area contributed by atoms with E-state index in [1.165, 1.54) is 18.3 Å². The quantitative estimate of drug-likeness (QED) is 0.539. The maximum Gasteiger partial charge on any atom is 0.342 e. The van der Waals surface area contributed by atoms with Crippen molar-refractivity contribution in [3.63, 3.8) is 0 Å². The zero-order chi connectivity index (χ0) is 20.1. The number of carbonyl (C=O) groups is 2. The summed E-state index contributed by atoms with van der Waals surface area (Å²) in [7, 11) is 0. The lowest BCUT2D eigenvalue weighted by Crippen LogP contribution is -2.31. The summed E-state index contributed by atoms with van der Waals surface area (Å²) in [5.41, 5.74) is 0.137. The molecule has 138 valence electrons. The monoisotopic (exact) mass is 373 g/mol. The lowest BCUT2D eigenvalue weighted by atomic mass is 10.1. The molecule has 0 aliphatic heterocycles. The SMILES string of the molecule is CCOC(=O)c1cc(C(=O)c2ccccn2)nn(-c2ccccc2C#N)c1=N. The Balaban J connectivity index is 2.26. The minimum Gasteiger partial charge on any atom is -0.462 e. The van der Waals surface area contributed by atoms with E-state index >= 15 is 0 Å². The topological polar surface area (TPSA) is 122 Å². The fourth-order valence-corrected chi connectivity index (χ4v) is 2.54. The van der Waals surface area contributed by atoms with Crippen LogP contribution in [0.3, 0.4) is 0 Å². The van der Waals surface area contributed by atoms with Gasteiger partial charge in [0.2, 0.25) is 5.78 Å². The Hall–Kier alpha value is -4.12. The molecule has 0 bridgehead atoms. The highest BCUT2D eigenvalue weighted by Crippen LogP contribution is 2.13. The first-order valence-electron chi connectivity index (χ1n) is 8.38. The van der Waals surface area contributed by atoms with Gasteiger partial charge in [-0.15, -0.1) is 0 Å². The van der Waals surface area contributed by atoms with Crippen LogP contribution in [0, 0.1) is 16.7 Å². The summed E-state index contributed by atoms with van der Waals surface area (Å²) in [6.07, 6.45) is 1.47. The van der Waals surface area contributed by atoms with E-state index in [1.807, 2.05) is 6.07 Å². The number of nitrogens with zero attached hydrogens (tertiary/aromatic N) is 4. The van der Waals surface area contributed by atoms with Gasteiger partial charge in [-0.3, -0.25) is 15.2 Å². The van der Waals surface area contributed by atoms with Crippen LogP contribution in [-0.2, 0) is 4.74 Å². The highest BCUT2D eigenvalue weighted by atomic mass is 16.5. The zero-order valence-corrected chi connectivity index (χ0v) is 14.9. The molecular formula is C20H15N5O3. The van der Waals surface area contributed by atoms with Gasteiger partial charge in [0.1, 0.15) is 23.0 Å². The van der Waals surface area contributed by atoms with Gasteiger partial charge >= 0.3 is 5.97 Å². The van der Waals surface area contributed by atoms with E-state index in [9.17, 15) is 14.9 Å². The van der Waals surface area contributed by atoms with Crippen molar-refractivity contribution in [1.82, 2.24) is 14.8 Å². The molecule has 1 N–H and O–H groups in total. The number of esters is 1. The molecule has 0 amide bonds. The Morgan fingerprint density at radius 2 is 1.93 bits per heavy atom. The molecule has 28 heavy (non-hydrogen) atoms. The zero-order valence-electron chi connectivity index (χ0n) is 14.9. The van der Waals surface area contributed by atoms with Gasteiger partial charge in [0.05, 0.1) is 17.9 Å². The molecule has 1 aromatic carbocycles. The molecule has 0 aliphatic rings. The first-order valence-corrected chi connectivity index (χ1v) is 8.38. The van der Waals surface area contributed by atoms with Crippen molar-refractivity contribution < 1.29 is 14.3 Å². The molecule has 0 radical (unpaired) electrons. The summed E-state index contributed by atoms with van der Waals surface area (Å²) < 4.78 is 6.09. The van der Waals surface area contributed by atoms with Crippen LogP contribution in [0.25, 0.3) is 5.69 Å². The number of rotatable bonds is 5. The molecule has 8 nitrogen and oxygen atoms in total. The number of para-hydroxylation sites is 1. The minimum absolute atomic E-state index is 0.0921. The Morgan fingerprint density at radius 1 is 1.18 bits per heavy atom. The summed E-state index contributed by atoms with van der Waals surface area (Å²) in [5, 5.41) is 22.0. The van der Waals surface area contributed by atoms with Crippen LogP contribution in [0.1, 0.15) is 39.0 Å². The normalized spacial score (nSPS) is 10.1. The van der Waals surface area contributed by atoms with Gasteiger partial charge in [0, 0.05) is 6.20 Å². The molecule has 0 aliphatic carbocycles. The van der Waals surface area contributed by atoms with Crippen LogP contribution in [-0.4, -0.2) is 33.1 Å². The standard InChI is InChI=1S/C20H15N5O3/c1-2-28-20(27)14-11-16(18(26)15-8-5-6-10-23-15)24-25(19(14)22)17-9-4-3-7-13(17)12-21/h3-11,22H,2H2,1H3. The lowest BCUT2D eigenvalue weighted by molar-refractivity contribution is 0.0522. The second-order valence-corrected chi connectivity index (χ2v) is 5.60. The van der Waals surface area contributed by atoms with E-state index < -0.39 is 11.8 Å². The Morgan fingerprint density at radius 3 is 2.61 bits per heavy atom. The van der Waals surface area contributed by atoms with Crippen LogP contribution < -0.4 is 5.49 Å². The molecule has 3 aromatic rings. The van der Waals surface area contributed by atoms with Crippen molar-refractivity contribution in [2.75, 3.05) is 6.61 Å². The van der Waals surface area contributed by atoms with Crippen molar-refractivity contribution in [2.24, 2.45) is 0 Å². The number of ketones is 1. The number of pyridine rings is 1. The highest BCUT2D eigenvalue weighted by Gasteiger charge is 2.21. The molecular weight excluding hydrogens is 358 g/mol. The molecule has 0 spiro atoms. The van der Waals surface area contributed by atoms with E-state index in [0.29, 0.717) is 0 Å². The molecule has 0 fully saturated rings. The average Bonchev–Trinajstić information content (AvgIpc) is 2.74. The van der Waals surface area contributed by atoms with E-state index in [4.69, 9.17) is 10.1 Å². The third-order valence-corrected chi connectivity index (χ3v) is 3.83. The Labute approximate surface area is 160 Å². The van der Waals surface area contributed by atoms with Gasteiger partial charge < -0.3 is 4.74 Å². The van der Waals surface area contributed by atoms with E-state index in [0.717, 1.165) is 4.68 Å². The largest absolute Gasteiger partial charge is 0.462 e. The smallest absolute Gasteiger partial charge is 0.342 e. The van der Waals surface area contributed by atoms with Gasteiger partial charge in [0.15, 0.2) is 5.49 Å². The van der Waals surface area contributed by atoms with Crippen LogP contribution in [0.4, 0.5) is 0 Å². The molecule has 8 heteroatoms. The van der Waals surface area contributed by atoms with E-state index in [-0.39, 0.29) is 40.3 Å². The number of aromatic nitrogens is 3. The van der Waals surface area contributed by atoms with Crippen molar-refractivity contribution in [2.45, 2.75) is 6.92 Å².